The molecule has 1 saturated carbocycles. The monoisotopic (exact) mass is 338 g/mol. The Morgan fingerprint density at radius 2 is 1.65 bits per heavy atom. The zero-order valence-electron chi connectivity index (χ0n) is 12.8. The van der Waals surface area contributed by atoms with Gasteiger partial charge < -0.3 is 15.7 Å². The Hall–Kier alpha value is -2.08. The van der Waals surface area contributed by atoms with E-state index in [1.54, 1.807) is 18.2 Å². The van der Waals surface area contributed by atoms with E-state index in [0.29, 0.717) is 42.1 Å². The minimum Gasteiger partial charge on any atom is -0.481 e. The van der Waals surface area contributed by atoms with Gasteiger partial charge in [-0.1, -0.05) is 11.6 Å². The molecule has 0 spiro atoms. The second kappa shape index (κ2) is 7.46. The van der Waals surface area contributed by atoms with Gasteiger partial charge in [0, 0.05) is 17.9 Å². The lowest BCUT2D eigenvalue weighted by atomic mass is 9.81. The molecule has 6 nitrogen and oxygen atoms in total. The molecule has 0 unspecified atom stereocenters. The lowest BCUT2D eigenvalue weighted by Gasteiger charge is -2.25. The molecule has 1 aromatic rings. The van der Waals surface area contributed by atoms with Gasteiger partial charge in [0.25, 0.3) is 0 Å². The number of anilines is 2. The van der Waals surface area contributed by atoms with Crippen molar-refractivity contribution in [3.8, 4) is 0 Å². The highest BCUT2D eigenvalue weighted by Gasteiger charge is 2.30. The number of amides is 2. The fourth-order valence-corrected chi connectivity index (χ4v) is 2.93. The molecule has 0 bridgehead atoms. The number of carboxylic acids is 1. The van der Waals surface area contributed by atoms with Crippen LogP contribution in [-0.4, -0.2) is 22.9 Å². The first-order valence-corrected chi connectivity index (χ1v) is 7.85. The summed E-state index contributed by atoms with van der Waals surface area (Å²) in [5.74, 6) is -1.81. The fraction of sp³-hybridized carbons (Fsp3) is 0.438. The minimum atomic E-state index is -0.799. The Balaban J connectivity index is 2.04. The van der Waals surface area contributed by atoms with Crippen molar-refractivity contribution in [2.75, 3.05) is 10.6 Å². The van der Waals surface area contributed by atoms with Gasteiger partial charge in [0.2, 0.25) is 11.8 Å². The van der Waals surface area contributed by atoms with Crippen LogP contribution >= 0.6 is 11.6 Å². The van der Waals surface area contributed by atoms with Crippen LogP contribution in [0.2, 0.25) is 5.02 Å². The van der Waals surface area contributed by atoms with Crippen molar-refractivity contribution in [1.82, 2.24) is 0 Å². The molecule has 23 heavy (non-hydrogen) atoms. The summed E-state index contributed by atoms with van der Waals surface area (Å²) in [5.41, 5.74) is 0.924. The van der Waals surface area contributed by atoms with E-state index in [-0.39, 0.29) is 23.7 Å². The number of halogens is 1. The highest BCUT2D eigenvalue weighted by Crippen LogP contribution is 2.31. The number of hydrogen-bond acceptors (Lipinski definition) is 3. The van der Waals surface area contributed by atoms with Gasteiger partial charge in [-0.15, -0.1) is 0 Å². The van der Waals surface area contributed by atoms with Gasteiger partial charge in [-0.2, -0.15) is 0 Å². The topological polar surface area (TPSA) is 95.5 Å². The summed E-state index contributed by atoms with van der Waals surface area (Å²) in [4.78, 5) is 34.6. The number of carbonyl (C=O) groups excluding carboxylic acids is 2. The number of benzene rings is 1. The number of rotatable bonds is 4. The maximum absolute atomic E-state index is 12.4. The summed E-state index contributed by atoms with van der Waals surface area (Å²) in [6.07, 6.45) is 2.08. The van der Waals surface area contributed by atoms with Crippen molar-refractivity contribution in [3.05, 3.63) is 23.2 Å². The quantitative estimate of drug-likeness (QED) is 0.786. The van der Waals surface area contributed by atoms with Gasteiger partial charge in [0.15, 0.2) is 0 Å². The average molecular weight is 339 g/mol. The Morgan fingerprint density at radius 3 is 2.22 bits per heavy atom. The highest BCUT2D eigenvalue weighted by atomic mass is 35.5. The van der Waals surface area contributed by atoms with Crippen molar-refractivity contribution in [3.63, 3.8) is 0 Å². The van der Waals surface area contributed by atoms with Crippen LogP contribution < -0.4 is 10.6 Å². The van der Waals surface area contributed by atoms with E-state index in [1.807, 2.05) is 0 Å². The molecule has 3 N–H and O–H groups in total. The average Bonchev–Trinajstić information content (AvgIpc) is 2.49. The van der Waals surface area contributed by atoms with Gasteiger partial charge in [0.1, 0.15) is 0 Å². The van der Waals surface area contributed by atoms with Crippen LogP contribution in [0.15, 0.2) is 18.2 Å². The standard InChI is InChI=1S/C16H19ClN2O4/c1-9(20)18-13-7-6-12(17)8-14(13)19-15(21)10-2-4-11(5-3-10)16(22)23/h6-8,10-11H,2-5H2,1H3,(H,18,20)(H,19,21)(H,22,23). The number of carboxylic acid groups (broad SMARTS) is 1. The SMILES string of the molecule is CC(=O)Nc1ccc(Cl)cc1NC(=O)C1CCC(C(=O)O)CC1. The summed E-state index contributed by atoms with van der Waals surface area (Å²) in [6, 6.07) is 4.83. The van der Waals surface area contributed by atoms with Crippen molar-refractivity contribution in [2.24, 2.45) is 11.8 Å². The molecule has 0 radical (unpaired) electrons. The first kappa shape index (κ1) is 17.3. The van der Waals surface area contributed by atoms with Gasteiger partial charge in [0.05, 0.1) is 17.3 Å². The molecule has 0 atom stereocenters. The van der Waals surface area contributed by atoms with Gasteiger partial charge in [-0.05, 0) is 43.9 Å². The number of carbonyl (C=O) groups is 3. The maximum atomic E-state index is 12.4. The van der Waals surface area contributed by atoms with Crippen LogP contribution in [0.25, 0.3) is 0 Å². The third-order valence-electron chi connectivity index (χ3n) is 4.00. The molecule has 7 heteroatoms. The number of aliphatic carboxylic acids is 1. The fourth-order valence-electron chi connectivity index (χ4n) is 2.76. The van der Waals surface area contributed by atoms with E-state index in [4.69, 9.17) is 16.7 Å². The molecular weight excluding hydrogens is 320 g/mol. The molecule has 1 fully saturated rings. The highest BCUT2D eigenvalue weighted by molar-refractivity contribution is 6.31. The molecule has 0 heterocycles. The molecule has 2 rings (SSSR count). The molecular formula is C16H19ClN2O4. The van der Waals surface area contributed by atoms with Crippen molar-refractivity contribution >= 4 is 40.8 Å². The summed E-state index contributed by atoms with van der Waals surface area (Å²) < 4.78 is 0. The van der Waals surface area contributed by atoms with Crippen LogP contribution in [-0.2, 0) is 14.4 Å². The molecule has 0 aromatic heterocycles. The van der Waals surface area contributed by atoms with Crippen LogP contribution in [0.5, 0.6) is 0 Å². The van der Waals surface area contributed by atoms with Crippen molar-refractivity contribution in [2.45, 2.75) is 32.6 Å². The van der Waals surface area contributed by atoms with E-state index in [0.717, 1.165) is 0 Å². The van der Waals surface area contributed by atoms with E-state index in [9.17, 15) is 14.4 Å². The zero-order chi connectivity index (χ0) is 17.0. The Bertz CT molecular complexity index is 625. The molecule has 0 saturated heterocycles. The lowest BCUT2D eigenvalue weighted by molar-refractivity contribution is -0.143. The van der Waals surface area contributed by atoms with Crippen LogP contribution in [0, 0.1) is 11.8 Å². The number of nitrogens with one attached hydrogen (secondary N) is 2. The number of hydrogen-bond donors (Lipinski definition) is 3. The molecule has 2 amide bonds. The molecule has 1 aliphatic carbocycles. The Kier molecular flexibility index (Phi) is 5.60. The third kappa shape index (κ3) is 4.69. The second-order valence-corrected chi connectivity index (χ2v) is 6.18. The van der Waals surface area contributed by atoms with Crippen LogP contribution in [0.1, 0.15) is 32.6 Å². The second-order valence-electron chi connectivity index (χ2n) is 5.75. The molecule has 1 aromatic carbocycles. The molecule has 1 aliphatic rings. The molecule has 124 valence electrons. The smallest absolute Gasteiger partial charge is 0.306 e. The zero-order valence-corrected chi connectivity index (χ0v) is 13.5. The van der Waals surface area contributed by atoms with E-state index >= 15 is 0 Å². The first-order valence-electron chi connectivity index (χ1n) is 7.47. The Labute approximate surface area is 139 Å². The van der Waals surface area contributed by atoms with Gasteiger partial charge in [-0.3, -0.25) is 14.4 Å². The predicted molar refractivity (Wildman–Crippen MR) is 87.5 cm³/mol. The van der Waals surface area contributed by atoms with Crippen LogP contribution in [0.4, 0.5) is 11.4 Å². The van der Waals surface area contributed by atoms with Crippen LogP contribution in [0.3, 0.4) is 0 Å². The Morgan fingerprint density at radius 1 is 1.04 bits per heavy atom. The maximum Gasteiger partial charge on any atom is 0.306 e. The minimum absolute atomic E-state index is 0.178. The van der Waals surface area contributed by atoms with Gasteiger partial charge >= 0.3 is 5.97 Å². The largest absolute Gasteiger partial charge is 0.481 e. The third-order valence-corrected chi connectivity index (χ3v) is 4.23. The first-order chi connectivity index (χ1) is 10.9. The summed E-state index contributed by atoms with van der Waals surface area (Å²) in [7, 11) is 0. The summed E-state index contributed by atoms with van der Waals surface area (Å²) >= 11 is 5.95. The van der Waals surface area contributed by atoms with Crippen molar-refractivity contribution in [1.29, 1.82) is 0 Å². The summed E-state index contributed by atoms with van der Waals surface area (Å²) in [5, 5.41) is 14.9. The van der Waals surface area contributed by atoms with E-state index in [1.165, 1.54) is 6.92 Å². The van der Waals surface area contributed by atoms with Crippen molar-refractivity contribution < 1.29 is 19.5 Å². The lowest BCUT2D eigenvalue weighted by Crippen LogP contribution is -2.29. The molecule has 0 aliphatic heterocycles. The summed E-state index contributed by atoms with van der Waals surface area (Å²) in [6.45, 7) is 1.38. The van der Waals surface area contributed by atoms with E-state index < -0.39 is 5.97 Å². The normalized spacial score (nSPS) is 20.6. The van der Waals surface area contributed by atoms with Gasteiger partial charge in [-0.25, -0.2) is 0 Å². The van der Waals surface area contributed by atoms with E-state index in [2.05, 4.69) is 10.6 Å². The predicted octanol–water partition coefficient (Wildman–Crippen LogP) is 3.13.